The lowest BCUT2D eigenvalue weighted by Gasteiger charge is -2.46. The van der Waals surface area contributed by atoms with Gasteiger partial charge in [-0.25, -0.2) is 0 Å². The summed E-state index contributed by atoms with van der Waals surface area (Å²) in [6.45, 7) is 12.4. The first-order chi connectivity index (χ1) is 9.56. The highest BCUT2D eigenvalue weighted by atomic mass is 16.5. The van der Waals surface area contributed by atoms with Crippen LogP contribution < -0.4 is 5.32 Å². The van der Waals surface area contributed by atoms with E-state index in [0.29, 0.717) is 6.10 Å². The van der Waals surface area contributed by atoms with Gasteiger partial charge in [0.15, 0.2) is 0 Å². The Balaban J connectivity index is 1.66. The molecule has 0 aromatic rings. The smallest absolute Gasteiger partial charge is 0.0629 e. The average molecular weight is 281 g/mol. The second-order valence-corrected chi connectivity index (χ2v) is 7.92. The Morgan fingerprint density at radius 3 is 2.60 bits per heavy atom. The molecule has 5 unspecified atom stereocenters. The van der Waals surface area contributed by atoms with Crippen molar-refractivity contribution in [2.24, 2.45) is 29.6 Å². The molecule has 20 heavy (non-hydrogen) atoms. The Bertz CT molecular complexity index is 275. The van der Waals surface area contributed by atoms with Crippen molar-refractivity contribution in [3.63, 3.8) is 0 Å². The third kappa shape index (κ3) is 4.73. The fraction of sp³-hybridized carbons (Fsp3) is 1.00. The van der Waals surface area contributed by atoms with Gasteiger partial charge in [-0.05, 0) is 68.2 Å². The molecule has 2 aliphatic rings. The number of hydrogen-bond donors (Lipinski definition) is 1. The molecule has 0 aromatic carbocycles. The van der Waals surface area contributed by atoms with Gasteiger partial charge in [-0.3, -0.25) is 0 Å². The molecule has 2 saturated carbocycles. The lowest BCUT2D eigenvalue weighted by Crippen LogP contribution is -2.43. The van der Waals surface area contributed by atoms with Crippen LogP contribution in [0.1, 0.15) is 59.8 Å². The summed E-state index contributed by atoms with van der Waals surface area (Å²) < 4.78 is 6.27. The summed E-state index contributed by atoms with van der Waals surface area (Å²) >= 11 is 0. The van der Waals surface area contributed by atoms with Gasteiger partial charge >= 0.3 is 0 Å². The summed E-state index contributed by atoms with van der Waals surface area (Å²) in [7, 11) is 0. The molecule has 0 saturated heterocycles. The lowest BCUT2D eigenvalue weighted by molar-refractivity contribution is -0.0780. The molecule has 0 radical (unpaired) electrons. The molecule has 2 nitrogen and oxygen atoms in total. The summed E-state index contributed by atoms with van der Waals surface area (Å²) in [4.78, 5) is 0. The highest BCUT2D eigenvalue weighted by Gasteiger charge is 2.40. The minimum absolute atomic E-state index is 0.529. The summed E-state index contributed by atoms with van der Waals surface area (Å²) in [6.07, 6.45) is 7.48. The molecular weight excluding hydrogens is 246 g/mol. The summed E-state index contributed by atoms with van der Waals surface area (Å²) in [5, 5.41) is 3.51. The van der Waals surface area contributed by atoms with Gasteiger partial charge in [0.2, 0.25) is 0 Å². The van der Waals surface area contributed by atoms with Crippen molar-refractivity contribution < 1.29 is 4.74 Å². The fourth-order valence-corrected chi connectivity index (χ4v) is 4.47. The Morgan fingerprint density at radius 2 is 1.85 bits per heavy atom. The van der Waals surface area contributed by atoms with Crippen molar-refractivity contribution >= 4 is 0 Å². The Hall–Kier alpha value is -0.0800. The van der Waals surface area contributed by atoms with Gasteiger partial charge < -0.3 is 10.1 Å². The molecule has 5 atom stereocenters. The predicted molar refractivity (Wildman–Crippen MR) is 85.8 cm³/mol. The molecule has 0 spiro atoms. The van der Waals surface area contributed by atoms with E-state index in [0.717, 1.165) is 49.3 Å². The normalized spacial score (nSPS) is 37.4. The van der Waals surface area contributed by atoms with Gasteiger partial charge in [0.25, 0.3) is 0 Å². The molecule has 2 rings (SSSR count). The minimum atomic E-state index is 0.529. The van der Waals surface area contributed by atoms with Crippen LogP contribution in [0.5, 0.6) is 0 Å². The zero-order valence-corrected chi connectivity index (χ0v) is 14.0. The van der Waals surface area contributed by atoms with Gasteiger partial charge in [-0.15, -0.1) is 0 Å². The van der Waals surface area contributed by atoms with Crippen LogP contribution in [-0.2, 0) is 4.74 Å². The standard InChI is InChI=1S/C18H35NO/c1-13(2)5-6-19-7-8-20-18-15(4)11-16-9-14(3)10-17(18)12-16/h13-19H,5-12H2,1-4H3. The maximum atomic E-state index is 6.27. The van der Waals surface area contributed by atoms with Crippen molar-refractivity contribution in [2.45, 2.75) is 65.9 Å². The van der Waals surface area contributed by atoms with Gasteiger partial charge in [-0.2, -0.15) is 0 Å². The van der Waals surface area contributed by atoms with Gasteiger partial charge in [0, 0.05) is 6.54 Å². The third-order valence-electron chi connectivity index (χ3n) is 5.30. The number of ether oxygens (including phenoxy) is 1. The Labute approximate surface area is 126 Å². The molecule has 0 heterocycles. The van der Waals surface area contributed by atoms with E-state index >= 15 is 0 Å². The number of nitrogens with one attached hydrogen (secondary N) is 1. The molecular formula is C18H35NO. The van der Waals surface area contributed by atoms with E-state index in [2.05, 4.69) is 33.0 Å². The molecule has 2 heteroatoms. The van der Waals surface area contributed by atoms with Gasteiger partial charge in [0.1, 0.15) is 0 Å². The molecule has 0 aromatic heterocycles. The summed E-state index contributed by atoms with van der Waals surface area (Å²) in [5.41, 5.74) is 0. The van der Waals surface area contributed by atoms with Crippen LogP contribution in [0.3, 0.4) is 0 Å². The van der Waals surface area contributed by atoms with Crippen LogP contribution in [0.25, 0.3) is 0 Å². The molecule has 2 bridgehead atoms. The monoisotopic (exact) mass is 281 g/mol. The first kappa shape index (κ1) is 16.3. The molecule has 118 valence electrons. The number of hydrogen-bond acceptors (Lipinski definition) is 2. The van der Waals surface area contributed by atoms with Crippen LogP contribution in [0.2, 0.25) is 0 Å². The second-order valence-electron chi connectivity index (χ2n) is 7.92. The van der Waals surface area contributed by atoms with Crippen LogP contribution in [0, 0.1) is 29.6 Å². The zero-order valence-electron chi connectivity index (χ0n) is 14.0. The van der Waals surface area contributed by atoms with Gasteiger partial charge in [-0.1, -0.05) is 27.7 Å². The Kier molecular flexibility index (Phi) is 6.35. The maximum Gasteiger partial charge on any atom is 0.0629 e. The maximum absolute atomic E-state index is 6.27. The first-order valence-electron chi connectivity index (χ1n) is 8.88. The predicted octanol–water partition coefficient (Wildman–Crippen LogP) is 4.10. The third-order valence-corrected chi connectivity index (χ3v) is 5.30. The molecule has 0 amide bonds. The van der Waals surface area contributed by atoms with E-state index in [1.807, 2.05) is 0 Å². The fourth-order valence-electron chi connectivity index (χ4n) is 4.47. The lowest BCUT2D eigenvalue weighted by atomic mass is 9.64. The van der Waals surface area contributed by atoms with Crippen LogP contribution in [0.4, 0.5) is 0 Å². The van der Waals surface area contributed by atoms with Crippen molar-refractivity contribution in [2.75, 3.05) is 19.7 Å². The minimum Gasteiger partial charge on any atom is -0.376 e. The summed E-state index contributed by atoms with van der Waals surface area (Å²) in [6, 6.07) is 0. The van der Waals surface area contributed by atoms with E-state index in [9.17, 15) is 0 Å². The topological polar surface area (TPSA) is 21.3 Å². The first-order valence-corrected chi connectivity index (χ1v) is 8.88. The van der Waals surface area contributed by atoms with Crippen LogP contribution in [0.15, 0.2) is 0 Å². The van der Waals surface area contributed by atoms with Crippen LogP contribution >= 0.6 is 0 Å². The van der Waals surface area contributed by atoms with Crippen molar-refractivity contribution in [1.29, 1.82) is 0 Å². The largest absolute Gasteiger partial charge is 0.376 e. The quantitative estimate of drug-likeness (QED) is 0.709. The van der Waals surface area contributed by atoms with E-state index in [-0.39, 0.29) is 0 Å². The zero-order chi connectivity index (χ0) is 14.5. The summed E-state index contributed by atoms with van der Waals surface area (Å²) in [5.74, 6) is 4.30. The number of rotatable bonds is 7. The average Bonchev–Trinajstić information content (AvgIpc) is 2.35. The van der Waals surface area contributed by atoms with E-state index in [4.69, 9.17) is 4.74 Å². The van der Waals surface area contributed by atoms with Gasteiger partial charge in [0.05, 0.1) is 12.7 Å². The highest BCUT2D eigenvalue weighted by Crippen LogP contribution is 2.45. The van der Waals surface area contributed by atoms with E-state index in [1.165, 1.54) is 32.1 Å². The second kappa shape index (κ2) is 7.79. The highest BCUT2D eigenvalue weighted by molar-refractivity contribution is 4.90. The molecule has 2 aliphatic carbocycles. The number of fused-ring (bicyclic) bond motifs is 2. The SMILES string of the molecule is CC(C)CCNCCOC1C(C)CC2CC(C)CC1C2. The van der Waals surface area contributed by atoms with Crippen molar-refractivity contribution in [3.05, 3.63) is 0 Å². The van der Waals surface area contributed by atoms with Crippen molar-refractivity contribution in [1.82, 2.24) is 5.32 Å². The Morgan fingerprint density at radius 1 is 1.05 bits per heavy atom. The molecule has 2 fully saturated rings. The molecule has 1 N–H and O–H groups in total. The van der Waals surface area contributed by atoms with Crippen molar-refractivity contribution in [3.8, 4) is 0 Å². The van der Waals surface area contributed by atoms with E-state index < -0.39 is 0 Å². The van der Waals surface area contributed by atoms with E-state index in [1.54, 1.807) is 0 Å². The molecule has 0 aliphatic heterocycles. The van der Waals surface area contributed by atoms with Crippen LogP contribution in [-0.4, -0.2) is 25.8 Å².